The number of methoxy groups -OCH3 is 1. The summed E-state index contributed by atoms with van der Waals surface area (Å²) in [6.45, 7) is 0.607. The van der Waals surface area contributed by atoms with Gasteiger partial charge in [-0.3, -0.25) is 0 Å². The number of hydrogen-bond donors (Lipinski definition) is 2. The molecule has 1 saturated carbocycles. The van der Waals surface area contributed by atoms with Crippen LogP contribution in [0.2, 0.25) is 0 Å². The molecular formula is C12H17N3O. The van der Waals surface area contributed by atoms with Gasteiger partial charge in [0.05, 0.1) is 13.7 Å². The van der Waals surface area contributed by atoms with Crippen molar-refractivity contribution in [2.75, 3.05) is 7.11 Å². The smallest absolute Gasteiger partial charge is 0.189 e. The second-order valence-electron chi connectivity index (χ2n) is 3.97. The molecule has 0 saturated heterocycles. The van der Waals surface area contributed by atoms with Gasteiger partial charge in [-0.1, -0.05) is 12.1 Å². The number of aliphatic imine (C=N–C) groups is 1. The summed E-state index contributed by atoms with van der Waals surface area (Å²) in [5.41, 5.74) is 6.86. The van der Waals surface area contributed by atoms with Crippen molar-refractivity contribution in [3.63, 3.8) is 0 Å². The van der Waals surface area contributed by atoms with Gasteiger partial charge in [0.15, 0.2) is 5.96 Å². The second-order valence-corrected chi connectivity index (χ2v) is 3.97. The monoisotopic (exact) mass is 219 g/mol. The molecule has 3 N–H and O–H groups in total. The first kappa shape index (κ1) is 10.8. The van der Waals surface area contributed by atoms with Crippen LogP contribution in [0.4, 0.5) is 0 Å². The topological polar surface area (TPSA) is 59.6 Å². The lowest BCUT2D eigenvalue weighted by Gasteiger charge is -2.04. The molecule has 16 heavy (non-hydrogen) atoms. The first-order chi connectivity index (χ1) is 7.78. The zero-order valence-electron chi connectivity index (χ0n) is 9.44. The lowest BCUT2D eigenvalue weighted by molar-refractivity contribution is 0.414. The third-order valence-electron chi connectivity index (χ3n) is 2.52. The summed E-state index contributed by atoms with van der Waals surface area (Å²) in [6, 6.07) is 8.39. The van der Waals surface area contributed by atoms with Crippen molar-refractivity contribution in [2.24, 2.45) is 10.7 Å². The Balaban J connectivity index is 1.87. The maximum absolute atomic E-state index is 5.73. The van der Waals surface area contributed by atoms with Gasteiger partial charge < -0.3 is 15.8 Å². The molecule has 0 atom stereocenters. The molecule has 86 valence electrons. The quantitative estimate of drug-likeness (QED) is 0.592. The summed E-state index contributed by atoms with van der Waals surface area (Å²) in [7, 11) is 1.66. The molecule has 0 heterocycles. The maximum Gasteiger partial charge on any atom is 0.189 e. The van der Waals surface area contributed by atoms with Crippen LogP contribution in [0.1, 0.15) is 18.4 Å². The van der Waals surface area contributed by atoms with Crippen LogP contribution in [0.15, 0.2) is 29.3 Å². The molecule has 0 aliphatic heterocycles. The Bertz CT molecular complexity index is 368. The molecule has 0 spiro atoms. The summed E-state index contributed by atoms with van der Waals surface area (Å²) in [6.07, 6.45) is 2.41. The SMILES string of the molecule is COc1ccc(CN=C(N)NC2CC2)cc1. The van der Waals surface area contributed by atoms with Crippen LogP contribution < -0.4 is 15.8 Å². The largest absolute Gasteiger partial charge is 0.497 e. The summed E-state index contributed by atoms with van der Waals surface area (Å²) in [4.78, 5) is 4.27. The Hall–Kier alpha value is -1.71. The summed E-state index contributed by atoms with van der Waals surface area (Å²) in [5.74, 6) is 1.40. The standard InChI is InChI=1S/C12H17N3O/c1-16-11-6-2-9(3-7-11)8-14-12(13)15-10-4-5-10/h2-3,6-7,10H,4-5,8H2,1H3,(H3,13,14,15). The molecule has 4 heteroatoms. The molecule has 0 unspecified atom stereocenters. The molecule has 0 amide bonds. The summed E-state index contributed by atoms with van der Waals surface area (Å²) in [5, 5.41) is 3.15. The Kier molecular flexibility index (Phi) is 3.29. The summed E-state index contributed by atoms with van der Waals surface area (Å²) >= 11 is 0. The van der Waals surface area contributed by atoms with E-state index in [0.29, 0.717) is 18.5 Å². The Morgan fingerprint density at radius 3 is 2.69 bits per heavy atom. The number of nitrogens with zero attached hydrogens (tertiary/aromatic N) is 1. The Morgan fingerprint density at radius 1 is 1.44 bits per heavy atom. The highest BCUT2D eigenvalue weighted by molar-refractivity contribution is 5.78. The molecule has 1 aromatic carbocycles. The summed E-state index contributed by atoms with van der Waals surface area (Å²) < 4.78 is 5.08. The van der Waals surface area contributed by atoms with Gasteiger partial charge in [-0.15, -0.1) is 0 Å². The minimum atomic E-state index is 0.540. The van der Waals surface area contributed by atoms with E-state index in [-0.39, 0.29) is 0 Å². The van der Waals surface area contributed by atoms with Crippen molar-refractivity contribution in [3.8, 4) is 5.75 Å². The normalized spacial score (nSPS) is 15.9. The van der Waals surface area contributed by atoms with E-state index in [9.17, 15) is 0 Å². The fourth-order valence-electron chi connectivity index (χ4n) is 1.39. The van der Waals surface area contributed by atoms with Gasteiger partial charge in [0.2, 0.25) is 0 Å². The number of benzene rings is 1. The molecule has 1 fully saturated rings. The van der Waals surface area contributed by atoms with E-state index in [1.165, 1.54) is 12.8 Å². The van der Waals surface area contributed by atoms with Crippen molar-refractivity contribution in [1.82, 2.24) is 5.32 Å². The predicted octanol–water partition coefficient (Wildman–Crippen LogP) is 1.26. The number of guanidine groups is 1. The van der Waals surface area contributed by atoms with Crippen molar-refractivity contribution in [1.29, 1.82) is 0 Å². The fraction of sp³-hybridized carbons (Fsp3) is 0.417. The number of ether oxygens (including phenoxy) is 1. The van der Waals surface area contributed by atoms with Gasteiger partial charge >= 0.3 is 0 Å². The number of hydrogen-bond acceptors (Lipinski definition) is 2. The lowest BCUT2D eigenvalue weighted by atomic mass is 10.2. The van der Waals surface area contributed by atoms with Crippen molar-refractivity contribution in [3.05, 3.63) is 29.8 Å². The first-order valence-corrected chi connectivity index (χ1v) is 5.47. The van der Waals surface area contributed by atoms with Crippen LogP contribution in [-0.4, -0.2) is 19.1 Å². The number of nitrogens with two attached hydrogens (primary N) is 1. The van der Waals surface area contributed by atoms with E-state index >= 15 is 0 Å². The van der Waals surface area contributed by atoms with Gasteiger partial charge in [-0.05, 0) is 30.5 Å². The van der Waals surface area contributed by atoms with Crippen molar-refractivity contribution < 1.29 is 4.74 Å². The molecular weight excluding hydrogens is 202 g/mol. The van der Waals surface area contributed by atoms with E-state index in [0.717, 1.165) is 11.3 Å². The zero-order chi connectivity index (χ0) is 11.4. The third-order valence-corrected chi connectivity index (χ3v) is 2.52. The average molecular weight is 219 g/mol. The second kappa shape index (κ2) is 4.88. The third kappa shape index (κ3) is 3.15. The zero-order valence-corrected chi connectivity index (χ0v) is 9.44. The molecule has 0 bridgehead atoms. The molecule has 4 nitrogen and oxygen atoms in total. The molecule has 1 aliphatic rings. The van der Waals surface area contributed by atoms with Crippen LogP contribution in [0.25, 0.3) is 0 Å². The average Bonchev–Trinajstić information content (AvgIpc) is 3.11. The lowest BCUT2D eigenvalue weighted by Crippen LogP contribution is -2.33. The fourth-order valence-corrected chi connectivity index (χ4v) is 1.39. The van der Waals surface area contributed by atoms with Gasteiger partial charge in [0.1, 0.15) is 5.75 Å². The van der Waals surface area contributed by atoms with Crippen LogP contribution in [-0.2, 0) is 6.54 Å². The van der Waals surface area contributed by atoms with Gasteiger partial charge in [-0.2, -0.15) is 0 Å². The van der Waals surface area contributed by atoms with E-state index < -0.39 is 0 Å². The van der Waals surface area contributed by atoms with Gasteiger partial charge in [0.25, 0.3) is 0 Å². The molecule has 0 radical (unpaired) electrons. The van der Waals surface area contributed by atoms with Gasteiger partial charge in [0, 0.05) is 6.04 Å². The maximum atomic E-state index is 5.73. The van der Waals surface area contributed by atoms with Gasteiger partial charge in [-0.25, -0.2) is 4.99 Å². The molecule has 0 aromatic heterocycles. The Morgan fingerprint density at radius 2 is 2.12 bits per heavy atom. The molecule has 2 rings (SSSR count). The number of rotatable bonds is 4. The number of nitrogens with one attached hydrogen (secondary N) is 1. The van der Waals surface area contributed by atoms with E-state index in [2.05, 4.69) is 10.3 Å². The van der Waals surface area contributed by atoms with Crippen LogP contribution in [0.5, 0.6) is 5.75 Å². The molecule has 1 aromatic rings. The van der Waals surface area contributed by atoms with Crippen LogP contribution in [0.3, 0.4) is 0 Å². The highest BCUT2D eigenvalue weighted by Crippen LogP contribution is 2.18. The minimum Gasteiger partial charge on any atom is -0.497 e. The van der Waals surface area contributed by atoms with E-state index in [1.807, 2.05) is 24.3 Å². The van der Waals surface area contributed by atoms with E-state index in [4.69, 9.17) is 10.5 Å². The van der Waals surface area contributed by atoms with Crippen molar-refractivity contribution in [2.45, 2.75) is 25.4 Å². The van der Waals surface area contributed by atoms with E-state index in [1.54, 1.807) is 7.11 Å². The highest BCUT2D eigenvalue weighted by Gasteiger charge is 2.21. The highest BCUT2D eigenvalue weighted by atomic mass is 16.5. The Labute approximate surface area is 95.5 Å². The van der Waals surface area contributed by atoms with Crippen LogP contribution in [0, 0.1) is 0 Å². The first-order valence-electron chi connectivity index (χ1n) is 5.47. The van der Waals surface area contributed by atoms with Crippen LogP contribution >= 0.6 is 0 Å². The predicted molar refractivity (Wildman–Crippen MR) is 64.5 cm³/mol. The minimum absolute atomic E-state index is 0.540. The van der Waals surface area contributed by atoms with Crippen molar-refractivity contribution >= 4 is 5.96 Å². The molecule has 1 aliphatic carbocycles.